The predicted octanol–water partition coefficient (Wildman–Crippen LogP) is 3.34. The molecule has 120 valence electrons. The normalized spacial score (nSPS) is 10.5. The molecule has 2 aromatic rings. The molecule has 0 atom stereocenters. The number of nitrogen functional groups attached to an aromatic ring is 1. The largest absolute Gasteiger partial charge is 0.461 e. The molecule has 22 heavy (non-hydrogen) atoms. The Morgan fingerprint density at radius 3 is 2.36 bits per heavy atom. The summed E-state index contributed by atoms with van der Waals surface area (Å²) in [6.07, 6.45) is 0. The quantitative estimate of drug-likeness (QED) is 0.654. The number of nitrogens with zero attached hydrogens (tertiary/aromatic N) is 1. The predicted molar refractivity (Wildman–Crippen MR) is 93.7 cm³/mol. The molecule has 2 N–H and O–H groups in total. The first-order valence-electron chi connectivity index (χ1n) is 7.34. The number of nitrogens with two attached hydrogens (primary N) is 1. The molecule has 2 rings (SSSR count). The number of halogens is 1. The SMILES string of the molecule is CCN(CC)CCOC(=O)c1ccc(N)c2ccccc12.Cl. The van der Waals surface area contributed by atoms with Crippen molar-refractivity contribution < 1.29 is 9.53 Å². The van der Waals surface area contributed by atoms with Crippen LogP contribution in [0, 0.1) is 0 Å². The van der Waals surface area contributed by atoms with Crippen LogP contribution in [-0.4, -0.2) is 37.1 Å². The van der Waals surface area contributed by atoms with Crippen molar-refractivity contribution in [1.82, 2.24) is 4.90 Å². The van der Waals surface area contributed by atoms with Crippen LogP contribution in [0.2, 0.25) is 0 Å². The second-order valence-corrected chi connectivity index (χ2v) is 4.91. The van der Waals surface area contributed by atoms with E-state index in [2.05, 4.69) is 18.7 Å². The lowest BCUT2D eigenvalue weighted by Crippen LogP contribution is -2.27. The summed E-state index contributed by atoms with van der Waals surface area (Å²) in [6.45, 7) is 7.26. The van der Waals surface area contributed by atoms with Crippen molar-refractivity contribution in [3.8, 4) is 0 Å². The van der Waals surface area contributed by atoms with Gasteiger partial charge in [0, 0.05) is 17.6 Å². The van der Waals surface area contributed by atoms with Crippen LogP contribution in [-0.2, 0) is 4.74 Å². The van der Waals surface area contributed by atoms with Crippen molar-refractivity contribution in [2.75, 3.05) is 32.0 Å². The minimum absolute atomic E-state index is 0. The van der Waals surface area contributed by atoms with Crippen molar-refractivity contribution in [3.05, 3.63) is 42.0 Å². The van der Waals surface area contributed by atoms with Gasteiger partial charge in [0.2, 0.25) is 0 Å². The Kier molecular flexibility index (Phi) is 7.15. The monoisotopic (exact) mass is 322 g/mol. The second kappa shape index (κ2) is 8.61. The summed E-state index contributed by atoms with van der Waals surface area (Å²) in [4.78, 5) is 14.5. The third-order valence-corrected chi connectivity index (χ3v) is 3.71. The van der Waals surface area contributed by atoms with Gasteiger partial charge in [0.25, 0.3) is 0 Å². The molecule has 0 heterocycles. The number of esters is 1. The molecule has 0 radical (unpaired) electrons. The van der Waals surface area contributed by atoms with E-state index in [4.69, 9.17) is 10.5 Å². The molecule has 4 nitrogen and oxygen atoms in total. The molecule has 0 saturated carbocycles. The molecule has 5 heteroatoms. The molecular formula is C17H23ClN2O2. The molecule has 0 fully saturated rings. The molecule has 0 spiro atoms. The van der Waals surface area contributed by atoms with E-state index in [0.29, 0.717) is 17.9 Å². The van der Waals surface area contributed by atoms with E-state index >= 15 is 0 Å². The maximum Gasteiger partial charge on any atom is 0.338 e. The summed E-state index contributed by atoms with van der Waals surface area (Å²) in [5, 5.41) is 1.72. The minimum Gasteiger partial charge on any atom is -0.461 e. The fourth-order valence-corrected chi connectivity index (χ4v) is 2.39. The Labute approximate surface area is 137 Å². The Hall–Kier alpha value is -1.78. The number of rotatable bonds is 6. The molecule has 0 aromatic heterocycles. The number of benzene rings is 2. The van der Waals surface area contributed by atoms with Gasteiger partial charge in [-0.1, -0.05) is 38.1 Å². The number of ether oxygens (including phenoxy) is 1. The third kappa shape index (κ3) is 4.12. The highest BCUT2D eigenvalue weighted by Gasteiger charge is 2.13. The molecule has 0 aliphatic rings. The van der Waals surface area contributed by atoms with E-state index in [1.807, 2.05) is 24.3 Å². The smallest absolute Gasteiger partial charge is 0.338 e. The van der Waals surface area contributed by atoms with Crippen LogP contribution in [0.25, 0.3) is 10.8 Å². The van der Waals surface area contributed by atoms with Crippen LogP contribution >= 0.6 is 12.4 Å². The zero-order chi connectivity index (χ0) is 15.2. The van der Waals surface area contributed by atoms with Crippen molar-refractivity contribution in [1.29, 1.82) is 0 Å². The molecule has 0 unspecified atom stereocenters. The van der Waals surface area contributed by atoms with Gasteiger partial charge in [-0.25, -0.2) is 4.79 Å². The van der Waals surface area contributed by atoms with E-state index in [1.54, 1.807) is 12.1 Å². The number of anilines is 1. The lowest BCUT2D eigenvalue weighted by molar-refractivity contribution is 0.0469. The molecule has 0 aliphatic carbocycles. The van der Waals surface area contributed by atoms with E-state index in [1.165, 1.54) is 0 Å². The van der Waals surface area contributed by atoms with Crippen LogP contribution in [0.15, 0.2) is 36.4 Å². The Bertz CT molecular complexity index is 627. The summed E-state index contributed by atoms with van der Waals surface area (Å²) < 4.78 is 5.39. The molecule has 0 saturated heterocycles. The third-order valence-electron chi connectivity index (χ3n) is 3.71. The molecular weight excluding hydrogens is 300 g/mol. The van der Waals surface area contributed by atoms with Crippen LogP contribution in [0.5, 0.6) is 0 Å². The van der Waals surface area contributed by atoms with Gasteiger partial charge in [-0.15, -0.1) is 12.4 Å². The van der Waals surface area contributed by atoms with Gasteiger partial charge in [0.1, 0.15) is 6.61 Å². The lowest BCUT2D eigenvalue weighted by atomic mass is 10.0. The van der Waals surface area contributed by atoms with Crippen molar-refractivity contribution in [2.24, 2.45) is 0 Å². The summed E-state index contributed by atoms with van der Waals surface area (Å²) in [6, 6.07) is 11.1. The number of fused-ring (bicyclic) bond motifs is 1. The number of carbonyl (C=O) groups excluding carboxylic acids is 1. The lowest BCUT2D eigenvalue weighted by Gasteiger charge is -2.17. The second-order valence-electron chi connectivity index (χ2n) is 4.91. The first-order chi connectivity index (χ1) is 10.2. The maximum atomic E-state index is 12.2. The first kappa shape index (κ1) is 18.3. The molecule has 0 amide bonds. The highest BCUT2D eigenvalue weighted by molar-refractivity contribution is 6.07. The van der Waals surface area contributed by atoms with Gasteiger partial charge in [-0.2, -0.15) is 0 Å². The van der Waals surface area contributed by atoms with E-state index in [0.717, 1.165) is 30.4 Å². The highest BCUT2D eigenvalue weighted by Crippen LogP contribution is 2.24. The van der Waals surface area contributed by atoms with Gasteiger partial charge in [0.05, 0.1) is 5.56 Å². The van der Waals surface area contributed by atoms with Gasteiger partial charge in [-0.3, -0.25) is 0 Å². The average molecular weight is 323 g/mol. The Morgan fingerprint density at radius 2 is 1.73 bits per heavy atom. The summed E-state index contributed by atoms with van der Waals surface area (Å²) in [7, 11) is 0. The van der Waals surface area contributed by atoms with Crippen LogP contribution in [0.1, 0.15) is 24.2 Å². The summed E-state index contributed by atoms with van der Waals surface area (Å²) in [5.74, 6) is -0.293. The summed E-state index contributed by atoms with van der Waals surface area (Å²) in [5.41, 5.74) is 7.18. The van der Waals surface area contributed by atoms with Gasteiger partial charge in [0.15, 0.2) is 0 Å². The topological polar surface area (TPSA) is 55.6 Å². The number of carbonyl (C=O) groups is 1. The van der Waals surface area contributed by atoms with Gasteiger partial charge >= 0.3 is 5.97 Å². The molecule has 0 bridgehead atoms. The maximum absolute atomic E-state index is 12.2. The highest BCUT2D eigenvalue weighted by atomic mass is 35.5. The summed E-state index contributed by atoms with van der Waals surface area (Å²) >= 11 is 0. The number of hydrogen-bond acceptors (Lipinski definition) is 4. The van der Waals surface area contributed by atoms with Crippen molar-refractivity contribution in [2.45, 2.75) is 13.8 Å². The zero-order valence-electron chi connectivity index (χ0n) is 13.0. The number of hydrogen-bond donors (Lipinski definition) is 1. The standard InChI is InChI=1S/C17H22N2O2.ClH/c1-3-19(4-2)11-12-21-17(20)15-9-10-16(18)14-8-6-5-7-13(14)15;/h5-10H,3-4,11-12,18H2,1-2H3;1H. The van der Waals surface area contributed by atoms with E-state index < -0.39 is 0 Å². The molecule has 2 aromatic carbocycles. The Balaban J connectivity index is 0.00000242. The van der Waals surface area contributed by atoms with E-state index in [9.17, 15) is 4.79 Å². The average Bonchev–Trinajstić information content (AvgIpc) is 2.52. The zero-order valence-corrected chi connectivity index (χ0v) is 13.9. The first-order valence-corrected chi connectivity index (χ1v) is 7.34. The number of likely N-dealkylation sites (N-methyl/N-ethyl adjacent to an activating group) is 1. The van der Waals surface area contributed by atoms with Gasteiger partial charge < -0.3 is 15.4 Å². The van der Waals surface area contributed by atoms with Gasteiger partial charge in [-0.05, 0) is 30.6 Å². The fraction of sp³-hybridized carbons (Fsp3) is 0.353. The van der Waals surface area contributed by atoms with Crippen LogP contribution in [0.4, 0.5) is 5.69 Å². The van der Waals surface area contributed by atoms with E-state index in [-0.39, 0.29) is 18.4 Å². The Morgan fingerprint density at radius 1 is 1.09 bits per heavy atom. The fourth-order valence-electron chi connectivity index (χ4n) is 2.39. The van der Waals surface area contributed by atoms with Crippen molar-refractivity contribution >= 4 is 34.8 Å². The minimum atomic E-state index is -0.293. The molecule has 0 aliphatic heterocycles. The van der Waals surface area contributed by atoms with Crippen LogP contribution in [0.3, 0.4) is 0 Å². The van der Waals surface area contributed by atoms with Crippen molar-refractivity contribution in [3.63, 3.8) is 0 Å². The van der Waals surface area contributed by atoms with Crippen LogP contribution < -0.4 is 5.73 Å².